The molecule has 1 amide bonds. The Morgan fingerprint density at radius 2 is 2.07 bits per heavy atom. The maximum absolute atomic E-state index is 12.6. The number of carbonyl (C=O) groups is 1. The van der Waals surface area contributed by atoms with Crippen LogP contribution in [-0.2, 0) is 34.0 Å². The molecule has 1 aliphatic heterocycles. The summed E-state index contributed by atoms with van der Waals surface area (Å²) in [5, 5.41) is 2.97. The molecule has 0 unspecified atom stereocenters. The minimum atomic E-state index is -3.02. The van der Waals surface area contributed by atoms with Crippen molar-refractivity contribution < 1.29 is 17.6 Å². The average Bonchev–Trinajstić information content (AvgIpc) is 3.34. The first-order valence-corrected chi connectivity index (χ1v) is 11.2. The Hall–Kier alpha value is -2.12. The number of rotatable bonds is 6. The molecule has 0 saturated carbocycles. The quantitative estimate of drug-likeness (QED) is 0.822. The predicted octanol–water partition coefficient (Wildman–Crippen LogP) is 2.40. The minimum Gasteiger partial charge on any atom is -0.468 e. The maximum atomic E-state index is 12.6. The Morgan fingerprint density at radius 1 is 1.22 bits per heavy atom. The van der Waals surface area contributed by atoms with E-state index in [2.05, 4.69) is 17.4 Å². The molecule has 0 spiro atoms. The number of hydrogen-bond acceptors (Lipinski definition) is 5. The van der Waals surface area contributed by atoms with E-state index in [-0.39, 0.29) is 30.0 Å². The van der Waals surface area contributed by atoms with Crippen molar-refractivity contribution in [2.45, 2.75) is 38.3 Å². The first-order chi connectivity index (χ1) is 13.0. The lowest BCUT2D eigenvalue weighted by molar-refractivity contribution is -0.118. The van der Waals surface area contributed by atoms with E-state index >= 15 is 0 Å². The van der Waals surface area contributed by atoms with Crippen molar-refractivity contribution in [2.75, 3.05) is 23.4 Å². The topological polar surface area (TPSA) is 79.6 Å². The molecule has 1 aromatic carbocycles. The summed E-state index contributed by atoms with van der Waals surface area (Å²) >= 11 is 0. The lowest BCUT2D eigenvalue weighted by Gasteiger charge is -2.26. The normalized spacial score (nSPS) is 20.7. The third-order valence-electron chi connectivity index (χ3n) is 5.39. The number of furan rings is 1. The van der Waals surface area contributed by atoms with E-state index < -0.39 is 9.84 Å². The summed E-state index contributed by atoms with van der Waals surface area (Å²) in [5.41, 5.74) is 3.48. The number of nitrogens with one attached hydrogen (secondary N) is 1. The van der Waals surface area contributed by atoms with E-state index in [4.69, 9.17) is 4.42 Å². The van der Waals surface area contributed by atoms with Gasteiger partial charge in [0, 0.05) is 11.7 Å². The van der Waals surface area contributed by atoms with Crippen molar-refractivity contribution in [2.24, 2.45) is 0 Å². The Bertz CT molecular complexity index is 921. The molecule has 1 aliphatic carbocycles. The number of aryl methyl sites for hydroxylation is 2. The van der Waals surface area contributed by atoms with Crippen molar-refractivity contribution in [1.82, 2.24) is 4.90 Å². The monoisotopic (exact) mass is 388 g/mol. The lowest BCUT2D eigenvalue weighted by atomic mass is 10.1. The van der Waals surface area contributed by atoms with Crippen molar-refractivity contribution in [1.29, 1.82) is 0 Å². The molecule has 2 aliphatic rings. The van der Waals surface area contributed by atoms with Gasteiger partial charge in [-0.25, -0.2) is 8.42 Å². The van der Waals surface area contributed by atoms with Gasteiger partial charge in [-0.05, 0) is 61.1 Å². The van der Waals surface area contributed by atoms with Crippen molar-refractivity contribution in [3.8, 4) is 0 Å². The van der Waals surface area contributed by atoms with Gasteiger partial charge in [0.1, 0.15) is 5.76 Å². The van der Waals surface area contributed by atoms with E-state index in [9.17, 15) is 13.2 Å². The number of fused-ring (bicyclic) bond motifs is 1. The molecular weight excluding hydrogens is 364 g/mol. The second kappa shape index (κ2) is 7.48. The Balaban J connectivity index is 1.44. The number of nitrogens with zero attached hydrogens (tertiary/aromatic N) is 1. The second-order valence-electron chi connectivity index (χ2n) is 7.43. The molecule has 1 aromatic heterocycles. The smallest absolute Gasteiger partial charge is 0.238 e. The summed E-state index contributed by atoms with van der Waals surface area (Å²) in [4.78, 5) is 14.5. The molecule has 1 fully saturated rings. The molecule has 1 N–H and O–H groups in total. The molecule has 0 radical (unpaired) electrons. The molecule has 4 rings (SSSR count). The summed E-state index contributed by atoms with van der Waals surface area (Å²) < 4.78 is 29.2. The van der Waals surface area contributed by atoms with Gasteiger partial charge in [-0.2, -0.15) is 0 Å². The summed E-state index contributed by atoms with van der Waals surface area (Å²) in [6, 6.07) is 9.56. The lowest BCUT2D eigenvalue weighted by Crippen LogP contribution is -2.41. The average molecular weight is 388 g/mol. The summed E-state index contributed by atoms with van der Waals surface area (Å²) in [5.74, 6) is 0.868. The van der Waals surface area contributed by atoms with Crippen LogP contribution in [0.2, 0.25) is 0 Å². The van der Waals surface area contributed by atoms with Crippen LogP contribution >= 0.6 is 0 Å². The zero-order valence-corrected chi connectivity index (χ0v) is 16.0. The highest BCUT2D eigenvalue weighted by Gasteiger charge is 2.33. The number of anilines is 1. The molecule has 1 saturated heterocycles. The van der Waals surface area contributed by atoms with Crippen LogP contribution in [0.1, 0.15) is 29.7 Å². The van der Waals surface area contributed by atoms with Gasteiger partial charge in [0.15, 0.2) is 9.84 Å². The first kappa shape index (κ1) is 18.3. The fraction of sp³-hybridized carbons (Fsp3) is 0.450. The maximum Gasteiger partial charge on any atom is 0.238 e. The van der Waals surface area contributed by atoms with E-state index in [1.165, 1.54) is 17.5 Å². The van der Waals surface area contributed by atoms with Crippen LogP contribution < -0.4 is 5.32 Å². The fourth-order valence-corrected chi connectivity index (χ4v) is 5.78. The van der Waals surface area contributed by atoms with Crippen LogP contribution in [0.5, 0.6) is 0 Å². The third kappa shape index (κ3) is 4.42. The Morgan fingerprint density at radius 3 is 2.81 bits per heavy atom. The van der Waals surface area contributed by atoms with E-state index in [0.29, 0.717) is 13.0 Å². The van der Waals surface area contributed by atoms with Gasteiger partial charge >= 0.3 is 0 Å². The fourth-order valence-electron chi connectivity index (χ4n) is 4.01. The predicted molar refractivity (Wildman–Crippen MR) is 103 cm³/mol. The number of sulfone groups is 1. The molecule has 6 nitrogen and oxygen atoms in total. The van der Waals surface area contributed by atoms with Gasteiger partial charge in [-0.3, -0.25) is 9.69 Å². The Labute approximate surface area is 159 Å². The van der Waals surface area contributed by atoms with Gasteiger partial charge < -0.3 is 9.73 Å². The van der Waals surface area contributed by atoms with Crippen LogP contribution in [0.15, 0.2) is 41.0 Å². The number of hydrogen-bond donors (Lipinski definition) is 1. The third-order valence-corrected chi connectivity index (χ3v) is 7.14. The standard InChI is InChI=1S/C20H24N2O4S/c23-20(21-17-7-6-15-3-1-4-16(15)11-17)13-22(12-19-5-2-9-26-19)18-8-10-27(24,25)14-18/h2,5-7,9,11,18H,1,3-4,8,10,12-14H2,(H,21,23)/t18-/m1/s1. The van der Waals surface area contributed by atoms with Gasteiger partial charge in [-0.1, -0.05) is 6.07 Å². The highest BCUT2D eigenvalue weighted by atomic mass is 32.2. The van der Waals surface area contributed by atoms with Crippen LogP contribution in [0, 0.1) is 0 Å². The van der Waals surface area contributed by atoms with Crippen LogP contribution in [-0.4, -0.2) is 43.3 Å². The molecule has 27 heavy (non-hydrogen) atoms. The SMILES string of the molecule is O=C(CN(Cc1ccco1)[C@@H]1CCS(=O)(=O)C1)Nc1ccc2c(c1)CCC2. The Kier molecular flexibility index (Phi) is 5.06. The first-order valence-electron chi connectivity index (χ1n) is 9.37. The number of amides is 1. The van der Waals surface area contributed by atoms with Crippen LogP contribution in [0.4, 0.5) is 5.69 Å². The number of carbonyl (C=O) groups excluding carboxylic acids is 1. The molecule has 144 valence electrons. The van der Waals surface area contributed by atoms with Crippen molar-refractivity contribution in [3.63, 3.8) is 0 Å². The minimum absolute atomic E-state index is 0.0971. The molecule has 7 heteroatoms. The zero-order chi connectivity index (χ0) is 18.9. The summed E-state index contributed by atoms with van der Waals surface area (Å²) in [7, 11) is -3.02. The largest absolute Gasteiger partial charge is 0.468 e. The van der Waals surface area contributed by atoms with Gasteiger partial charge in [0.2, 0.25) is 5.91 Å². The number of benzene rings is 1. The molecule has 0 bridgehead atoms. The summed E-state index contributed by atoms with van der Waals surface area (Å²) in [6.45, 7) is 0.558. The van der Waals surface area contributed by atoms with Crippen LogP contribution in [0.3, 0.4) is 0 Å². The molecule has 2 heterocycles. The van der Waals surface area contributed by atoms with Gasteiger partial charge in [-0.15, -0.1) is 0 Å². The van der Waals surface area contributed by atoms with Crippen molar-refractivity contribution in [3.05, 3.63) is 53.5 Å². The van der Waals surface area contributed by atoms with E-state index in [1.807, 2.05) is 17.0 Å². The second-order valence-corrected chi connectivity index (χ2v) is 9.66. The van der Waals surface area contributed by atoms with E-state index in [1.54, 1.807) is 12.3 Å². The van der Waals surface area contributed by atoms with Gasteiger partial charge in [0.25, 0.3) is 0 Å². The molecular formula is C20H24N2O4S. The van der Waals surface area contributed by atoms with Crippen LogP contribution in [0.25, 0.3) is 0 Å². The van der Waals surface area contributed by atoms with Crippen molar-refractivity contribution >= 4 is 21.4 Å². The summed E-state index contributed by atoms with van der Waals surface area (Å²) in [6.07, 6.45) is 5.47. The highest BCUT2D eigenvalue weighted by Crippen LogP contribution is 2.25. The molecule has 2 aromatic rings. The molecule has 1 atom stereocenters. The zero-order valence-electron chi connectivity index (χ0n) is 15.2. The van der Waals surface area contributed by atoms with E-state index in [0.717, 1.165) is 24.3 Å². The van der Waals surface area contributed by atoms with Gasteiger partial charge in [0.05, 0.1) is 30.9 Å². The highest BCUT2D eigenvalue weighted by molar-refractivity contribution is 7.91.